The van der Waals surface area contributed by atoms with Gasteiger partial charge in [0.15, 0.2) is 0 Å². The van der Waals surface area contributed by atoms with Crippen molar-refractivity contribution < 1.29 is 5.11 Å². The summed E-state index contributed by atoms with van der Waals surface area (Å²) < 4.78 is 0. The van der Waals surface area contributed by atoms with Gasteiger partial charge in [0.25, 0.3) is 0 Å². The fourth-order valence-corrected chi connectivity index (χ4v) is 3.26. The smallest absolute Gasteiger partial charge is 0.0624 e. The van der Waals surface area contributed by atoms with E-state index in [1.807, 2.05) is 13.8 Å². The topological polar surface area (TPSA) is 58.3 Å². The van der Waals surface area contributed by atoms with Gasteiger partial charge < -0.3 is 16.2 Å². The highest BCUT2D eigenvalue weighted by atomic mass is 16.3. The third-order valence-electron chi connectivity index (χ3n) is 4.83. The molecule has 3 nitrogen and oxygen atoms in total. The Morgan fingerprint density at radius 1 is 1.08 bits per heavy atom. The lowest BCUT2D eigenvalue weighted by Gasteiger charge is -2.19. The molecule has 2 unspecified atom stereocenters. The van der Waals surface area contributed by atoms with Crippen molar-refractivity contribution in [1.82, 2.24) is 5.32 Å². The van der Waals surface area contributed by atoms with Crippen LogP contribution in [0.15, 0.2) is 24.3 Å². The number of aliphatic hydroxyl groups excluding tert-OH is 1. The highest BCUT2D eigenvalue weighted by Gasteiger charge is 2.35. The van der Waals surface area contributed by atoms with Crippen molar-refractivity contribution >= 4 is 0 Å². The third kappa shape index (κ3) is 6.92. The lowest BCUT2D eigenvalue weighted by Crippen LogP contribution is -2.45. The Balaban J connectivity index is 0.00000139. The molecule has 24 heavy (non-hydrogen) atoms. The predicted octanol–water partition coefficient (Wildman–Crippen LogP) is 4.34. The van der Waals surface area contributed by atoms with E-state index in [0.717, 1.165) is 6.42 Å². The van der Waals surface area contributed by atoms with Crippen molar-refractivity contribution in [3.05, 3.63) is 35.4 Å². The SMILES string of the molecule is CC.CCCCCCCCc1ccc(C2CC(N)(CO)CN2)cc1. The number of hydrogen-bond acceptors (Lipinski definition) is 3. The van der Waals surface area contributed by atoms with Crippen LogP contribution in [0.1, 0.15) is 82.9 Å². The van der Waals surface area contributed by atoms with E-state index in [4.69, 9.17) is 5.73 Å². The van der Waals surface area contributed by atoms with Crippen molar-refractivity contribution in [3.8, 4) is 0 Å². The molecule has 0 bridgehead atoms. The van der Waals surface area contributed by atoms with Crippen LogP contribution in [0.3, 0.4) is 0 Å². The van der Waals surface area contributed by atoms with Gasteiger partial charge in [0, 0.05) is 12.6 Å². The van der Waals surface area contributed by atoms with Gasteiger partial charge in [-0.15, -0.1) is 0 Å². The second-order valence-corrected chi connectivity index (χ2v) is 6.92. The molecule has 3 heteroatoms. The summed E-state index contributed by atoms with van der Waals surface area (Å²) in [5.41, 5.74) is 8.38. The molecule has 2 rings (SSSR count). The minimum atomic E-state index is -0.457. The number of unbranched alkanes of at least 4 members (excludes halogenated alkanes) is 5. The molecule has 0 aliphatic carbocycles. The Morgan fingerprint density at radius 3 is 2.29 bits per heavy atom. The number of benzene rings is 1. The normalized spacial score (nSPS) is 23.0. The lowest BCUT2D eigenvalue weighted by molar-refractivity contribution is 0.206. The van der Waals surface area contributed by atoms with Crippen molar-refractivity contribution in [2.75, 3.05) is 13.2 Å². The molecule has 1 aliphatic rings. The Labute approximate surface area is 149 Å². The molecule has 1 aromatic carbocycles. The molecule has 1 aliphatic heterocycles. The van der Waals surface area contributed by atoms with Crippen LogP contribution in [0, 0.1) is 0 Å². The van der Waals surface area contributed by atoms with Crippen LogP contribution in [0.25, 0.3) is 0 Å². The Hall–Kier alpha value is -0.900. The second-order valence-electron chi connectivity index (χ2n) is 6.92. The molecule has 4 N–H and O–H groups in total. The number of hydrogen-bond donors (Lipinski definition) is 3. The second kappa shape index (κ2) is 11.6. The van der Waals surface area contributed by atoms with Crippen LogP contribution in [-0.4, -0.2) is 23.8 Å². The first kappa shape index (κ1) is 21.1. The first-order valence-corrected chi connectivity index (χ1v) is 9.89. The summed E-state index contributed by atoms with van der Waals surface area (Å²) in [6.45, 7) is 7.00. The van der Waals surface area contributed by atoms with Crippen LogP contribution in [0.4, 0.5) is 0 Å². The zero-order valence-electron chi connectivity index (χ0n) is 16.0. The van der Waals surface area contributed by atoms with Crippen LogP contribution in [0.5, 0.6) is 0 Å². The van der Waals surface area contributed by atoms with E-state index in [-0.39, 0.29) is 12.6 Å². The summed E-state index contributed by atoms with van der Waals surface area (Å²) >= 11 is 0. The summed E-state index contributed by atoms with van der Waals surface area (Å²) in [4.78, 5) is 0. The van der Waals surface area contributed by atoms with Gasteiger partial charge in [-0.1, -0.05) is 77.1 Å². The van der Waals surface area contributed by atoms with Crippen LogP contribution in [0.2, 0.25) is 0 Å². The minimum Gasteiger partial charge on any atom is -0.394 e. The molecule has 1 fully saturated rings. The van der Waals surface area contributed by atoms with Gasteiger partial charge in [0.1, 0.15) is 0 Å². The van der Waals surface area contributed by atoms with Gasteiger partial charge in [-0.3, -0.25) is 0 Å². The van der Waals surface area contributed by atoms with E-state index in [9.17, 15) is 5.11 Å². The van der Waals surface area contributed by atoms with Gasteiger partial charge in [-0.25, -0.2) is 0 Å². The first-order valence-electron chi connectivity index (χ1n) is 9.89. The van der Waals surface area contributed by atoms with Gasteiger partial charge >= 0.3 is 0 Å². The fourth-order valence-electron chi connectivity index (χ4n) is 3.26. The number of nitrogens with two attached hydrogens (primary N) is 1. The number of aryl methyl sites for hydroxylation is 1. The van der Waals surface area contributed by atoms with Crippen LogP contribution < -0.4 is 11.1 Å². The van der Waals surface area contributed by atoms with Gasteiger partial charge in [0.05, 0.1) is 12.1 Å². The van der Waals surface area contributed by atoms with E-state index in [2.05, 4.69) is 36.5 Å². The summed E-state index contributed by atoms with van der Waals surface area (Å²) in [6.07, 6.45) is 10.1. The Kier molecular flexibility index (Phi) is 10.2. The molecule has 1 heterocycles. The van der Waals surface area contributed by atoms with E-state index in [1.165, 1.54) is 56.1 Å². The maximum atomic E-state index is 9.34. The van der Waals surface area contributed by atoms with Crippen molar-refractivity contribution in [2.24, 2.45) is 5.73 Å². The molecule has 0 aromatic heterocycles. The van der Waals surface area contributed by atoms with Crippen LogP contribution in [-0.2, 0) is 6.42 Å². The maximum Gasteiger partial charge on any atom is 0.0624 e. The third-order valence-corrected chi connectivity index (χ3v) is 4.83. The molecule has 1 aromatic rings. The zero-order chi connectivity index (χ0) is 17.8. The Morgan fingerprint density at radius 2 is 1.71 bits per heavy atom. The van der Waals surface area contributed by atoms with Crippen LogP contribution >= 0.6 is 0 Å². The number of rotatable bonds is 9. The van der Waals surface area contributed by atoms with Gasteiger partial charge in [0.2, 0.25) is 0 Å². The molecule has 138 valence electrons. The number of aliphatic hydroxyl groups is 1. The highest BCUT2D eigenvalue weighted by molar-refractivity contribution is 5.27. The zero-order valence-corrected chi connectivity index (χ0v) is 16.0. The number of nitrogens with one attached hydrogen (secondary N) is 1. The maximum absolute atomic E-state index is 9.34. The summed E-state index contributed by atoms with van der Waals surface area (Å²) in [7, 11) is 0. The van der Waals surface area contributed by atoms with E-state index in [1.54, 1.807) is 0 Å². The average molecular weight is 335 g/mol. The molecule has 0 saturated carbocycles. The van der Waals surface area contributed by atoms with Crippen molar-refractivity contribution in [1.29, 1.82) is 0 Å². The molecule has 2 atom stereocenters. The van der Waals surface area contributed by atoms with Crippen molar-refractivity contribution in [2.45, 2.75) is 83.7 Å². The summed E-state index contributed by atoms with van der Waals surface area (Å²) in [5.74, 6) is 0. The molecular weight excluding hydrogens is 296 g/mol. The largest absolute Gasteiger partial charge is 0.394 e. The molecular formula is C21H38N2O. The minimum absolute atomic E-state index is 0.0482. The standard InChI is InChI=1S/C19H32N2O.C2H6/c1-2-3-4-5-6-7-8-16-9-11-17(12-10-16)18-13-19(20,15-22)14-21-18;1-2/h9-12,18,21-22H,2-8,13-15,20H2,1H3;1-2H3. The van der Waals surface area contributed by atoms with Gasteiger partial charge in [-0.2, -0.15) is 0 Å². The molecule has 0 amide bonds. The lowest BCUT2D eigenvalue weighted by atomic mass is 9.94. The van der Waals surface area contributed by atoms with E-state index >= 15 is 0 Å². The highest BCUT2D eigenvalue weighted by Crippen LogP contribution is 2.28. The van der Waals surface area contributed by atoms with E-state index < -0.39 is 5.54 Å². The first-order chi connectivity index (χ1) is 11.7. The fraction of sp³-hybridized carbons (Fsp3) is 0.714. The monoisotopic (exact) mass is 334 g/mol. The van der Waals surface area contributed by atoms with Gasteiger partial charge in [-0.05, 0) is 30.4 Å². The quantitative estimate of drug-likeness (QED) is 0.589. The molecule has 1 saturated heterocycles. The Bertz CT molecular complexity index is 432. The molecule has 0 radical (unpaired) electrons. The molecule has 0 spiro atoms. The van der Waals surface area contributed by atoms with Crippen molar-refractivity contribution in [3.63, 3.8) is 0 Å². The average Bonchev–Trinajstić information content (AvgIpc) is 3.03. The summed E-state index contributed by atoms with van der Waals surface area (Å²) in [5, 5.41) is 12.8. The van der Waals surface area contributed by atoms with E-state index in [0.29, 0.717) is 6.54 Å². The predicted molar refractivity (Wildman–Crippen MR) is 104 cm³/mol. The summed E-state index contributed by atoms with van der Waals surface area (Å²) in [6, 6.07) is 9.21.